The van der Waals surface area contributed by atoms with E-state index in [1.165, 1.54) is 0 Å². The van der Waals surface area contributed by atoms with Crippen molar-refractivity contribution in [1.82, 2.24) is 0 Å². The van der Waals surface area contributed by atoms with Crippen molar-refractivity contribution in [3.05, 3.63) is 0 Å². The largest absolute Gasteiger partial charge is 0.368 e. The molecule has 0 rings (SSSR count). The third kappa shape index (κ3) is 2.18. The monoisotopic (exact) mass is 163 g/mol. The molecule has 2 nitrogen and oxygen atoms in total. The fourth-order valence-electron chi connectivity index (χ4n) is 0.870. The first-order chi connectivity index (χ1) is 4.56. The first-order valence-electron chi connectivity index (χ1n) is 3.55. The topological polar surface area (TPSA) is 43.1 Å². The minimum absolute atomic E-state index is 0.404. The predicted molar refractivity (Wildman–Crippen MR) is 43.0 cm³/mol. The zero-order valence-corrected chi connectivity index (χ0v) is 7.24. The molecular formula is C7H14ClNO. The average Bonchev–Trinajstić information content (AvgIpc) is 1.88. The van der Waals surface area contributed by atoms with Gasteiger partial charge in [0, 0.05) is 0 Å². The summed E-state index contributed by atoms with van der Waals surface area (Å²) in [6, 6.07) is 0. The van der Waals surface area contributed by atoms with Crippen molar-refractivity contribution in [1.29, 1.82) is 0 Å². The quantitative estimate of drug-likeness (QED) is 0.630. The maximum absolute atomic E-state index is 10.7. The number of hydrogen-bond donors (Lipinski definition) is 1. The Morgan fingerprint density at radius 2 is 2.10 bits per heavy atom. The van der Waals surface area contributed by atoms with E-state index in [2.05, 4.69) is 0 Å². The Kier molecular flexibility index (Phi) is 3.72. The Morgan fingerprint density at radius 1 is 1.60 bits per heavy atom. The Labute approximate surface area is 66.7 Å². The molecule has 60 valence electrons. The van der Waals surface area contributed by atoms with Crippen molar-refractivity contribution in [3.8, 4) is 0 Å². The third-order valence-electron chi connectivity index (χ3n) is 1.65. The van der Waals surface area contributed by atoms with E-state index in [9.17, 15) is 4.79 Å². The van der Waals surface area contributed by atoms with E-state index in [-0.39, 0.29) is 0 Å². The molecule has 1 atom stereocenters. The summed E-state index contributed by atoms with van der Waals surface area (Å²) >= 11 is 5.88. The van der Waals surface area contributed by atoms with E-state index in [4.69, 9.17) is 17.3 Å². The second kappa shape index (κ2) is 3.81. The highest BCUT2D eigenvalue weighted by Crippen LogP contribution is 2.24. The first kappa shape index (κ1) is 9.76. The van der Waals surface area contributed by atoms with Crippen LogP contribution in [0.25, 0.3) is 0 Å². The molecule has 3 heteroatoms. The van der Waals surface area contributed by atoms with Crippen molar-refractivity contribution >= 4 is 17.5 Å². The second-order valence-corrected chi connectivity index (χ2v) is 3.16. The van der Waals surface area contributed by atoms with Gasteiger partial charge in [-0.2, -0.15) is 0 Å². The molecule has 1 unspecified atom stereocenters. The lowest BCUT2D eigenvalue weighted by molar-refractivity contribution is -0.120. The zero-order chi connectivity index (χ0) is 8.20. The molecule has 0 radical (unpaired) electrons. The van der Waals surface area contributed by atoms with Crippen molar-refractivity contribution < 1.29 is 4.79 Å². The van der Waals surface area contributed by atoms with Crippen LogP contribution >= 0.6 is 11.6 Å². The Balaban J connectivity index is 4.08. The number of hydrogen-bond acceptors (Lipinski definition) is 1. The number of rotatable bonds is 4. The van der Waals surface area contributed by atoms with E-state index in [1.54, 1.807) is 0 Å². The van der Waals surface area contributed by atoms with Crippen LogP contribution in [0.1, 0.15) is 33.1 Å². The first-order valence-corrected chi connectivity index (χ1v) is 3.93. The predicted octanol–water partition coefficient (Wildman–Crippen LogP) is 1.66. The Bertz CT molecular complexity index is 127. The number of nitrogens with two attached hydrogens (primary N) is 1. The molecule has 0 fully saturated rings. The molecule has 1 amide bonds. The minimum atomic E-state index is -0.797. The standard InChI is InChI=1S/C7H14ClNO/c1-3-5-7(8,4-2)6(9)10/h3-5H2,1-2H3,(H2,9,10). The number of alkyl halides is 1. The molecule has 0 aliphatic rings. The van der Waals surface area contributed by atoms with Gasteiger partial charge in [-0.15, -0.1) is 11.6 Å². The molecular weight excluding hydrogens is 150 g/mol. The highest BCUT2D eigenvalue weighted by atomic mass is 35.5. The van der Waals surface area contributed by atoms with Crippen LogP contribution in [0.15, 0.2) is 0 Å². The molecule has 0 aliphatic carbocycles. The van der Waals surface area contributed by atoms with Crippen molar-refractivity contribution in [2.75, 3.05) is 0 Å². The number of primary amides is 1. The fraction of sp³-hybridized carbons (Fsp3) is 0.857. The lowest BCUT2D eigenvalue weighted by atomic mass is 9.99. The number of carbonyl (C=O) groups excluding carboxylic acids is 1. The average molecular weight is 164 g/mol. The van der Waals surface area contributed by atoms with Gasteiger partial charge in [0.05, 0.1) is 0 Å². The molecule has 0 saturated carbocycles. The van der Waals surface area contributed by atoms with Gasteiger partial charge >= 0.3 is 0 Å². The number of halogens is 1. The van der Waals surface area contributed by atoms with Crippen LogP contribution in [0.3, 0.4) is 0 Å². The Hall–Kier alpha value is -0.240. The smallest absolute Gasteiger partial charge is 0.238 e. The van der Waals surface area contributed by atoms with Crippen molar-refractivity contribution in [2.24, 2.45) is 5.73 Å². The molecule has 0 aromatic heterocycles. The van der Waals surface area contributed by atoms with Crippen LogP contribution in [0.4, 0.5) is 0 Å². The molecule has 0 heterocycles. The van der Waals surface area contributed by atoms with Crippen molar-refractivity contribution in [2.45, 2.75) is 38.0 Å². The molecule has 0 aliphatic heterocycles. The highest BCUT2D eigenvalue weighted by molar-refractivity contribution is 6.34. The summed E-state index contributed by atoms with van der Waals surface area (Å²) in [7, 11) is 0. The molecule has 2 N–H and O–H groups in total. The van der Waals surface area contributed by atoms with E-state index in [1.807, 2.05) is 13.8 Å². The van der Waals surface area contributed by atoms with Gasteiger partial charge in [0.15, 0.2) is 0 Å². The lowest BCUT2D eigenvalue weighted by Crippen LogP contribution is -2.37. The van der Waals surface area contributed by atoms with Gasteiger partial charge in [0.2, 0.25) is 5.91 Å². The van der Waals surface area contributed by atoms with E-state index in [0.717, 1.165) is 6.42 Å². The summed E-state index contributed by atoms with van der Waals surface area (Å²) in [6.07, 6.45) is 2.17. The van der Waals surface area contributed by atoms with Gasteiger partial charge in [0.25, 0.3) is 0 Å². The van der Waals surface area contributed by atoms with Crippen molar-refractivity contribution in [3.63, 3.8) is 0 Å². The van der Waals surface area contributed by atoms with Crippen LogP contribution in [-0.2, 0) is 4.79 Å². The lowest BCUT2D eigenvalue weighted by Gasteiger charge is -2.19. The van der Waals surface area contributed by atoms with Crippen LogP contribution < -0.4 is 5.73 Å². The highest BCUT2D eigenvalue weighted by Gasteiger charge is 2.30. The third-order valence-corrected chi connectivity index (χ3v) is 2.29. The molecule has 0 aromatic rings. The summed E-state index contributed by atoms with van der Waals surface area (Å²) in [5, 5.41) is 0. The SMILES string of the molecule is CCCC(Cl)(CC)C(N)=O. The van der Waals surface area contributed by atoms with Crippen LogP contribution in [0, 0.1) is 0 Å². The molecule has 0 saturated heterocycles. The molecule has 0 bridgehead atoms. The molecule has 0 spiro atoms. The number of carbonyl (C=O) groups is 1. The summed E-state index contributed by atoms with van der Waals surface area (Å²) in [6.45, 7) is 3.85. The summed E-state index contributed by atoms with van der Waals surface area (Å²) in [5.41, 5.74) is 5.10. The van der Waals surface area contributed by atoms with Crippen LogP contribution in [0.5, 0.6) is 0 Å². The molecule has 10 heavy (non-hydrogen) atoms. The van der Waals surface area contributed by atoms with Gasteiger partial charge < -0.3 is 5.73 Å². The van der Waals surface area contributed by atoms with Crippen LogP contribution in [0.2, 0.25) is 0 Å². The maximum Gasteiger partial charge on any atom is 0.238 e. The summed E-state index contributed by atoms with van der Waals surface area (Å²) in [5.74, 6) is -0.404. The van der Waals surface area contributed by atoms with Gasteiger partial charge in [-0.25, -0.2) is 0 Å². The van der Waals surface area contributed by atoms with E-state index >= 15 is 0 Å². The van der Waals surface area contributed by atoms with E-state index in [0.29, 0.717) is 12.8 Å². The second-order valence-electron chi connectivity index (χ2n) is 2.43. The zero-order valence-electron chi connectivity index (χ0n) is 6.48. The Morgan fingerprint density at radius 3 is 2.20 bits per heavy atom. The maximum atomic E-state index is 10.7. The summed E-state index contributed by atoms with van der Waals surface area (Å²) in [4.78, 5) is 9.94. The van der Waals surface area contributed by atoms with E-state index < -0.39 is 10.8 Å². The molecule has 0 aromatic carbocycles. The number of amides is 1. The van der Waals surface area contributed by atoms with Crippen LogP contribution in [-0.4, -0.2) is 10.8 Å². The van der Waals surface area contributed by atoms with Gasteiger partial charge in [-0.3, -0.25) is 4.79 Å². The fourth-order valence-corrected chi connectivity index (χ4v) is 1.06. The minimum Gasteiger partial charge on any atom is -0.368 e. The van der Waals surface area contributed by atoms with Gasteiger partial charge in [-0.05, 0) is 12.8 Å². The van der Waals surface area contributed by atoms with Gasteiger partial charge in [-0.1, -0.05) is 20.3 Å². The van der Waals surface area contributed by atoms with Gasteiger partial charge in [0.1, 0.15) is 4.87 Å². The summed E-state index contributed by atoms with van der Waals surface area (Å²) < 4.78 is 0. The normalized spacial score (nSPS) is 16.3.